The second-order valence-corrected chi connectivity index (χ2v) is 4.41. The van der Waals surface area contributed by atoms with Gasteiger partial charge in [0, 0.05) is 18.5 Å². The smallest absolute Gasteiger partial charge is 0.220 e. The molecule has 2 N–H and O–H groups in total. The Bertz CT molecular complexity index is 185. The van der Waals surface area contributed by atoms with Gasteiger partial charge in [0.15, 0.2) is 0 Å². The van der Waals surface area contributed by atoms with Crippen molar-refractivity contribution in [3.05, 3.63) is 0 Å². The normalized spacial score (nSPS) is 18.8. The second kappa shape index (κ2) is 4.09. The van der Waals surface area contributed by atoms with Crippen molar-refractivity contribution in [2.75, 3.05) is 13.6 Å². The molecule has 0 radical (unpaired) electrons. The Hall–Kier alpha value is -0.570. The molecule has 13 heavy (non-hydrogen) atoms. The summed E-state index contributed by atoms with van der Waals surface area (Å²) in [5.74, 6) is 0.626. The highest BCUT2D eigenvalue weighted by Crippen LogP contribution is 2.33. The maximum atomic E-state index is 11.3. The molecule has 0 saturated heterocycles. The van der Waals surface area contributed by atoms with Gasteiger partial charge in [-0.2, -0.15) is 0 Å². The minimum absolute atomic E-state index is 0.177. The van der Waals surface area contributed by atoms with Crippen LogP contribution >= 0.6 is 0 Å². The van der Waals surface area contributed by atoms with Gasteiger partial charge in [-0.05, 0) is 25.8 Å². The van der Waals surface area contributed by atoms with Crippen LogP contribution in [0.15, 0.2) is 0 Å². The van der Waals surface area contributed by atoms with Crippen molar-refractivity contribution in [2.45, 2.75) is 38.6 Å². The van der Waals surface area contributed by atoms with Crippen LogP contribution in [-0.2, 0) is 4.79 Å². The molecular formula is C10H20N2O. The molecule has 0 aliphatic heterocycles. The largest absolute Gasteiger partial charge is 0.354 e. The number of rotatable bonds is 5. The standard InChI is InChI=1S/C10H20N2O/c1-8(2)6-9(13)12-7-10(11-3)4-5-10/h8,11H,4-7H2,1-3H3,(H,12,13). The van der Waals surface area contributed by atoms with E-state index in [0.29, 0.717) is 12.3 Å². The van der Waals surface area contributed by atoms with Crippen molar-refractivity contribution >= 4 is 5.91 Å². The minimum Gasteiger partial charge on any atom is -0.354 e. The number of amides is 1. The monoisotopic (exact) mass is 184 g/mol. The molecule has 1 rings (SSSR count). The predicted molar refractivity (Wildman–Crippen MR) is 53.5 cm³/mol. The van der Waals surface area contributed by atoms with Crippen LogP contribution < -0.4 is 10.6 Å². The summed E-state index contributed by atoms with van der Waals surface area (Å²) >= 11 is 0. The first kappa shape index (κ1) is 10.5. The lowest BCUT2D eigenvalue weighted by molar-refractivity contribution is -0.121. The summed E-state index contributed by atoms with van der Waals surface area (Å²) < 4.78 is 0. The van der Waals surface area contributed by atoms with Crippen molar-refractivity contribution in [2.24, 2.45) is 5.92 Å². The highest BCUT2D eigenvalue weighted by Gasteiger charge is 2.40. The Morgan fingerprint density at radius 3 is 2.46 bits per heavy atom. The number of hydrogen-bond donors (Lipinski definition) is 2. The zero-order chi connectivity index (χ0) is 9.90. The van der Waals surface area contributed by atoms with Gasteiger partial charge in [-0.15, -0.1) is 0 Å². The molecule has 0 spiro atoms. The van der Waals surface area contributed by atoms with Crippen LogP contribution in [0.5, 0.6) is 0 Å². The van der Waals surface area contributed by atoms with Crippen LogP contribution in [0, 0.1) is 5.92 Å². The van der Waals surface area contributed by atoms with E-state index in [1.54, 1.807) is 0 Å². The maximum absolute atomic E-state index is 11.3. The summed E-state index contributed by atoms with van der Waals surface area (Å²) in [5, 5.41) is 6.21. The molecule has 1 aliphatic rings. The lowest BCUT2D eigenvalue weighted by atomic mass is 10.1. The Balaban J connectivity index is 2.15. The fraction of sp³-hybridized carbons (Fsp3) is 0.900. The quantitative estimate of drug-likeness (QED) is 0.666. The third-order valence-corrected chi connectivity index (χ3v) is 2.60. The first-order chi connectivity index (χ1) is 6.08. The third-order valence-electron chi connectivity index (χ3n) is 2.60. The number of carbonyl (C=O) groups excluding carboxylic acids is 1. The molecule has 3 nitrogen and oxygen atoms in total. The van der Waals surface area contributed by atoms with E-state index in [1.807, 2.05) is 7.05 Å². The average molecular weight is 184 g/mol. The van der Waals surface area contributed by atoms with Crippen molar-refractivity contribution < 1.29 is 4.79 Å². The summed E-state index contributed by atoms with van der Waals surface area (Å²) in [5.41, 5.74) is 0.229. The van der Waals surface area contributed by atoms with Crippen LogP contribution in [0.1, 0.15) is 33.1 Å². The van der Waals surface area contributed by atoms with Crippen LogP contribution in [0.2, 0.25) is 0 Å². The van der Waals surface area contributed by atoms with Crippen molar-refractivity contribution in [1.29, 1.82) is 0 Å². The number of nitrogens with one attached hydrogen (secondary N) is 2. The van der Waals surface area contributed by atoms with Crippen LogP contribution in [0.3, 0.4) is 0 Å². The molecule has 1 saturated carbocycles. The molecule has 1 fully saturated rings. The topological polar surface area (TPSA) is 41.1 Å². The van der Waals surface area contributed by atoms with Gasteiger partial charge in [0.25, 0.3) is 0 Å². The summed E-state index contributed by atoms with van der Waals surface area (Å²) in [4.78, 5) is 11.3. The molecule has 0 aromatic heterocycles. The van der Waals surface area contributed by atoms with E-state index >= 15 is 0 Å². The Kier molecular flexibility index (Phi) is 3.31. The summed E-state index contributed by atoms with van der Waals surface area (Å²) in [6.07, 6.45) is 3.01. The molecule has 0 aromatic rings. The first-order valence-corrected chi connectivity index (χ1v) is 5.03. The van der Waals surface area contributed by atoms with Gasteiger partial charge in [-0.3, -0.25) is 4.79 Å². The number of likely N-dealkylation sites (N-methyl/N-ethyl adjacent to an activating group) is 1. The fourth-order valence-electron chi connectivity index (χ4n) is 1.38. The molecule has 0 bridgehead atoms. The highest BCUT2D eigenvalue weighted by molar-refractivity contribution is 5.76. The van der Waals surface area contributed by atoms with Gasteiger partial charge >= 0.3 is 0 Å². The van der Waals surface area contributed by atoms with E-state index in [0.717, 1.165) is 6.54 Å². The number of hydrogen-bond acceptors (Lipinski definition) is 2. The molecule has 0 heterocycles. The van der Waals surface area contributed by atoms with Gasteiger partial charge in [0.05, 0.1) is 0 Å². The molecule has 0 unspecified atom stereocenters. The van der Waals surface area contributed by atoms with E-state index < -0.39 is 0 Å². The van der Waals surface area contributed by atoms with E-state index in [-0.39, 0.29) is 11.4 Å². The van der Waals surface area contributed by atoms with Gasteiger partial charge in [-0.25, -0.2) is 0 Å². The maximum Gasteiger partial charge on any atom is 0.220 e. The molecule has 0 atom stereocenters. The van der Waals surface area contributed by atoms with Crippen LogP contribution in [-0.4, -0.2) is 25.0 Å². The second-order valence-electron chi connectivity index (χ2n) is 4.41. The molecule has 1 aliphatic carbocycles. The first-order valence-electron chi connectivity index (χ1n) is 5.03. The SMILES string of the molecule is CNC1(CNC(=O)CC(C)C)CC1. The Morgan fingerprint density at radius 2 is 2.08 bits per heavy atom. The van der Waals surface area contributed by atoms with E-state index in [4.69, 9.17) is 0 Å². The average Bonchev–Trinajstić information content (AvgIpc) is 2.80. The minimum atomic E-state index is 0.177. The molecular weight excluding hydrogens is 164 g/mol. The van der Waals surface area contributed by atoms with E-state index in [9.17, 15) is 4.79 Å². The van der Waals surface area contributed by atoms with Crippen molar-refractivity contribution in [3.63, 3.8) is 0 Å². The van der Waals surface area contributed by atoms with Gasteiger partial charge < -0.3 is 10.6 Å². The zero-order valence-electron chi connectivity index (χ0n) is 8.81. The van der Waals surface area contributed by atoms with Gasteiger partial charge in [-0.1, -0.05) is 13.8 Å². The predicted octanol–water partition coefficient (Wildman–Crippen LogP) is 0.901. The fourth-order valence-corrected chi connectivity index (χ4v) is 1.38. The lowest BCUT2D eigenvalue weighted by Gasteiger charge is -2.15. The van der Waals surface area contributed by atoms with Crippen LogP contribution in [0.4, 0.5) is 0 Å². The number of carbonyl (C=O) groups is 1. The molecule has 3 heteroatoms. The Morgan fingerprint density at radius 1 is 1.46 bits per heavy atom. The summed E-state index contributed by atoms with van der Waals surface area (Å²) in [7, 11) is 1.96. The highest BCUT2D eigenvalue weighted by atomic mass is 16.1. The Labute approximate surface area is 80.3 Å². The van der Waals surface area contributed by atoms with Crippen LogP contribution in [0.25, 0.3) is 0 Å². The summed E-state index contributed by atoms with van der Waals surface area (Å²) in [6, 6.07) is 0. The molecule has 0 aromatic carbocycles. The zero-order valence-corrected chi connectivity index (χ0v) is 8.81. The van der Waals surface area contributed by atoms with Crippen molar-refractivity contribution in [1.82, 2.24) is 10.6 Å². The van der Waals surface area contributed by atoms with E-state index in [1.165, 1.54) is 12.8 Å². The van der Waals surface area contributed by atoms with E-state index in [2.05, 4.69) is 24.5 Å². The van der Waals surface area contributed by atoms with Crippen molar-refractivity contribution in [3.8, 4) is 0 Å². The van der Waals surface area contributed by atoms with Gasteiger partial charge in [0.2, 0.25) is 5.91 Å². The van der Waals surface area contributed by atoms with Gasteiger partial charge in [0.1, 0.15) is 0 Å². The third kappa shape index (κ3) is 3.35. The molecule has 1 amide bonds. The molecule has 76 valence electrons. The lowest BCUT2D eigenvalue weighted by Crippen LogP contribution is -2.41. The summed E-state index contributed by atoms with van der Waals surface area (Å²) in [6.45, 7) is 4.91.